The van der Waals surface area contributed by atoms with Gasteiger partial charge < -0.3 is 9.47 Å². The van der Waals surface area contributed by atoms with Crippen molar-refractivity contribution >= 4 is 5.97 Å². The topological polar surface area (TPSA) is 62.6 Å². The maximum atomic E-state index is 11.7. The van der Waals surface area contributed by atoms with Crippen LogP contribution in [-0.2, 0) is 16.1 Å². The molecule has 1 unspecified atom stereocenters. The Labute approximate surface area is 118 Å². The average Bonchev–Trinajstić information content (AvgIpc) is 2.94. The Morgan fingerprint density at radius 1 is 1.50 bits per heavy atom. The van der Waals surface area contributed by atoms with Gasteiger partial charge in [0.05, 0.1) is 19.8 Å². The molecular weight excluding hydrogens is 256 g/mol. The van der Waals surface area contributed by atoms with Crippen molar-refractivity contribution < 1.29 is 14.3 Å². The maximum Gasteiger partial charge on any atom is 0.323 e. The molecule has 20 heavy (non-hydrogen) atoms. The summed E-state index contributed by atoms with van der Waals surface area (Å²) in [4.78, 5) is 13.8. The fourth-order valence-electron chi connectivity index (χ4n) is 2.58. The second-order valence-corrected chi connectivity index (χ2v) is 4.80. The van der Waals surface area contributed by atoms with Gasteiger partial charge in [-0.1, -0.05) is 6.07 Å². The van der Waals surface area contributed by atoms with Crippen LogP contribution in [0.3, 0.4) is 0 Å². The zero-order valence-electron chi connectivity index (χ0n) is 11.8. The van der Waals surface area contributed by atoms with Gasteiger partial charge >= 0.3 is 5.97 Å². The van der Waals surface area contributed by atoms with E-state index in [2.05, 4.69) is 11.0 Å². The predicted molar refractivity (Wildman–Crippen MR) is 73.2 cm³/mol. The number of carbonyl (C=O) groups is 1. The van der Waals surface area contributed by atoms with Gasteiger partial charge in [-0.25, -0.2) is 0 Å². The van der Waals surface area contributed by atoms with E-state index in [0.717, 1.165) is 24.9 Å². The summed E-state index contributed by atoms with van der Waals surface area (Å²) in [5, 5.41) is 8.97. The van der Waals surface area contributed by atoms with Crippen LogP contribution in [-0.4, -0.2) is 37.7 Å². The van der Waals surface area contributed by atoms with Crippen molar-refractivity contribution in [3.05, 3.63) is 29.3 Å². The first-order valence-electron chi connectivity index (χ1n) is 6.58. The monoisotopic (exact) mass is 274 g/mol. The molecule has 0 radical (unpaired) electrons. The van der Waals surface area contributed by atoms with Crippen molar-refractivity contribution in [3.8, 4) is 11.8 Å². The highest BCUT2D eigenvalue weighted by Crippen LogP contribution is 2.24. The van der Waals surface area contributed by atoms with E-state index in [1.54, 1.807) is 13.2 Å². The number of hydrogen-bond donors (Lipinski definition) is 0. The van der Waals surface area contributed by atoms with E-state index in [-0.39, 0.29) is 12.0 Å². The van der Waals surface area contributed by atoms with E-state index in [0.29, 0.717) is 17.9 Å². The first-order valence-corrected chi connectivity index (χ1v) is 6.58. The van der Waals surface area contributed by atoms with E-state index < -0.39 is 0 Å². The summed E-state index contributed by atoms with van der Waals surface area (Å²) in [6.07, 6.45) is 1.83. The quantitative estimate of drug-likeness (QED) is 0.782. The normalized spacial score (nSPS) is 18.6. The molecule has 0 spiro atoms. The molecule has 0 N–H and O–H groups in total. The Kier molecular flexibility index (Phi) is 4.59. The highest BCUT2D eigenvalue weighted by atomic mass is 16.5. The fraction of sp³-hybridized carbons (Fsp3) is 0.467. The average molecular weight is 274 g/mol. The number of esters is 1. The summed E-state index contributed by atoms with van der Waals surface area (Å²) in [7, 11) is 2.97. The van der Waals surface area contributed by atoms with Crippen LogP contribution in [0.1, 0.15) is 24.0 Å². The molecular formula is C15H18N2O3. The summed E-state index contributed by atoms with van der Waals surface area (Å²) in [6, 6.07) is 7.42. The van der Waals surface area contributed by atoms with Crippen LogP contribution in [0.25, 0.3) is 0 Å². The Bertz CT molecular complexity index is 536. The fourth-order valence-corrected chi connectivity index (χ4v) is 2.58. The number of nitrogens with zero attached hydrogens (tertiary/aromatic N) is 2. The third kappa shape index (κ3) is 2.91. The highest BCUT2D eigenvalue weighted by molar-refractivity contribution is 5.76. The number of hydrogen-bond acceptors (Lipinski definition) is 5. The molecule has 1 atom stereocenters. The van der Waals surface area contributed by atoms with Crippen LogP contribution in [0.4, 0.5) is 0 Å². The molecule has 1 fully saturated rings. The smallest absolute Gasteiger partial charge is 0.323 e. The molecule has 1 aromatic rings. The zero-order valence-corrected chi connectivity index (χ0v) is 11.8. The number of methoxy groups -OCH3 is 2. The molecule has 5 nitrogen and oxygen atoms in total. The second kappa shape index (κ2) is 6.40. The van der Waals surface area contributed by atoms with Crippen molar-refractivity contribution in [2.24, 2.45) is 0 Å². The molecule has 5 heteroatoms. The molecule has 1 aromatic carbocycles. The number of ether oxygens (including phenoxy) is 2. The minimum atomic E-state index is -0.178. The number of nitriles is 1. The molecule has 1 aliphatic rings. The van der Waals surface area contributed by atoms with Gasteiger partial charge in [0.2, 0.25) is 0 Å². The molecule has 0 amide bonds. The largest absolute Gasteiger partial charge is 0.495 e. The van der Waals surface area contributed by atoms with Gasteiger partial charge in [0.15, 0.2) is 0 Å². The summed E-state index contributed by atoms with van der Waals surface area (Å²) in [5.41, 5.74) is 1.54. The second-order valence-electron chi connectivity index (χ2n) is 4.80. The molecule has 1 heterocycles. The standard InChI is InChI=1S/C15H18N2O3/c1-19-14-8-11(5-6-12(14)9-16)10-17-7-3-4-13(17)15(18)20-2/h5-6,8,13H,3-4,7,10H2,1-2H3. The SMILES string of the molecule is COC(=O)C1CCCN1Cc1ccc(C#N)c(OC)c1. The van der Waals surface area contributed by atoms with E-state index in [1.165, 1.54) is 7.11 Å². The van der Waals surface area contributed by atoms with Crippen LogP contribution < -0.4 is 4.74 Å². The van der Waals surface area contributed by atoms with Gasteiger partial charge in [-0.15, -0.1) is 0 Å². The van der Waals surface area contributed by atoms with E-state index in [4.69, 9.17) is 14.7 Å². The summed E-state index contributed by atoms with van der Waals surface area (Å²) >= 11 is 0. The van der Waals surface area contributed by atoms with Gasteiger partial charge in [-0.3, -0.25) is 9.69 Å². The Morgan fingerprint density at radius 2 is 2.30 bits per heavy atom. The van der Waals surface area contributed by atoms with Gasteiger partial charge in [0.1, 0.15) is 17.9 Å². The van der Waals surface area contributed by atoms with Gasteiger partial charge in [-0.2, -0.15) is 5.26 Å². The molecule has 0 saturated carbocycles. The Balaban J connectivity index is 2.14. The lowest BCUT2D eigenvalue weighted by molar-refractivity contribution is -0.146. The first kappa shape index (κ1) is 14.4. The lowest BCUT2D eigenvalue weighted by Crippen LogP contribution is -2.36. The Hall–Kier alpha value is -2.06. The van der Waals surface area contributed by atoms with Crippen molar-refractivity contribution in [3.63, 3.8) is 0 Å². The summed E-state index contributed by atoms with van der Waals surface area (Å²) < 4.78 is 10.0. The number of benzene rings is 1. The number of carbonyl (C=O) groups excluding carboxylic acids is 1. The predicted octanol–water partition coefficient (Wildman–Crippen LogP) is 1.70. The van der Waals surface area contributed by atoms with Crippen LogP contribution >= 0.6 is 0 Å². The van der Waals surface area contributed by atoms with Crippen LogP contribution in [0.5, 0.6) is 5.75 Å². The van der Waals surface area contributed by atoms with Crippen molar-refractivity contribution in [1.82, 2.24) is 4.90 Å². The van der Waals surface area contributed by atoms with Crippen LogP contribution in [0, 0.1) is 11.3 Å². The van der Waals surface area contributed by atoms with Gasteiger partial charge in [0, 0.05) is 6.54 Å². The van der Waals surface area contributed by atoms with Crippen LogP contribution in [0.15, 0.2) is 18.2 Å². The molecule has 1 aliphatic heterocycles. The van der Waals surface area contributed by atoms with E-state index in [9.17, 15) is 4.79 Å². The third-order valence-corrected chi connectivity index (χ3v) is 3.61. The minimum absolute atomic E-state index is 0.165. The molecule has 0 aliphatic carbocycles. The summed E-state index contributed by atoms with van der Waals surface area (Å²) in [5.74, 6) is 0.391. The number of rotatable bonds is 4. The lowest BCUT2D eigenvalue weighted by atomic mass is 10.1. The van der Waals surface area contributed by atoms with E-state index >= 15 is 0 Å². The lowest BCUT2D eigenvalue weighted by Gasteiger charge is -2.22. The minimum Gasteiger partial charge on any atom is -0.495 e. The van der Waals surface area contributed by atoms with Crippen LogP contribution in [0.2, 0.25) is 0 Å². The van der Waals surface area contributed by atoms with Crippen molar-refractivity contribution in [1.29, 1.82) is 5.26 Å². The molecule has 106 valence electrons. The summed E-state index contributed by atoms with van der Waals surface area (Å²) in [6.45, 7) is 1.53. The highest BCUT2D eigenvalue weighted by Gasteiger charge is 2.31. The van der Waals surface area contributed by atoms with Crippen molar-refractivity contribution in [2.45, 2.75) is 25.4 Å². The van der Waals surface area contributed by atoms with Gasteiger partial charge in [0.25, 0.3) is 0 Å². The zero-order chi connectivity index (χ0) is 14.5. The maximum absolute atomic E-state index is 11.7. The molecule has 1 saturated heterocycles. The number of likely N-dealkylation sites (tertiary alicyclic amines) is 1. The third-order valence-electron chi connectivity index (χ3n) is 3.61. The van der Waals surface area contributed by atoms with Gasteiger partial charge in [-0.05, 0) is 37.1 Å². The van der Waals surface area contributed by atoms with E-state index in [1.807, 2.05) is 12.1 Å². The Morgan fingerprint density at radius 3 is 2.95 bits per heavy atom. The first-order chi connectivity index (χ1) is 9.69. The molecule has 0 bridgehead atoms. The molecule has 0 aromatic heterocycles. The van der Waals surface area contributed by atoms with Crippen molar-refractivity contribution in [2.75, 3.05) is 20.8 Å². The molecule has 2 rings (SSSR count).